The standard InChI is InChI=1S/C27H25NO2.C5H6N2O/c1-27(13-12-25-24(15-27)28-26(29)16-30-25)23-14-22-18-7-3-2-6-17(18)10-11-20(22)19-8-4-5-9-21(19)23;1-4-2-5(8)7-6-3-4/h4-6,8-13H,2-3,7,14-16H2,1H3,(H,28,29);2-3H,1H3,(H,7,8). The van der Waals surface area contributed by atoms with Gasteiger partial charge in [-0.05, 0) is 81.8 Å². The van der Waals surface area contributed by atoms with Crippen LogP contribution in [0.25, 0.3) is 11.6 Å². The first-order chi connectivity index (χ1) is 18.4. The van der Waals surface area contributed by atoms with Gasteiger partial charge in [0.15, 0.2) is 6.61 Å². The molecule has 3 aromatic rings. The number of carbonyl (C=O) groups excluding carboxylic acids is 1. The Balaban J connectivity index is 0.000000285. The summed E-state index contributed by atoms with van der Waals surface area (Å²) < 4.78 is 5.64. The highest BCUT2D eigenvalue weighted by Gasteiger charge is 2.35. The summed E-state index contributed by atoms with van der Waals surface area (Å²) in [6, 6.07) is 14.9. The molecule has 0 saturated carbocycles. The first kappa shape index (κ1) is 24.2. The predicted molar refractivity (Wildman–Crippen MR) is 147 cm³/mol. The number of nitrogens with zero attached hydrogens (tertiary/aromatic N) is 1. The van der Waals surface area contributed by atoms with Crippen LogP contribution in [-0.4, -0.2) is 22.7 Å². The van der Waals surface area contributed by atoms with Gasteiger partial charge in [0.2, 0.25) is 0 Å². The predicted octanol–water partition coefficient (Wildman–Crippen LogP) is 3.20. The van der Waals surface area contributed by atoms with Gasteiger partial charge in [0, 0.05) is 17.9 Å². The van der Waals surface area contributed by atoms with E-state index in [-0.39, 0.29) is 23.5 Å². The number of aryl methyl sites for hydroxylation is 1. The topological polar surface area (TPSA) is 84.1 Å². The molecule has 1 unspecified atom stereocenters. The number of H-pyrrole nitrogens is 1. The summed E-state index contributed by atoms with van der Waals surface area (Å²) in [7, 11) is 0. The van der Waals surface area contributed by atoms with Gasteiger partial charge in [-0.3, -0.25) is 9.59 Å². The molecule has 2 aromatic carbocycles. The Morgan fingerprint density at radius 3 is 2.66 bits per heavy atom. The summed E-state index contributed by atoms with van der Waals surface area (Å²) in [5.41, 5.74) is 5.95. The minimum Gasteiger partial charge on any atom is -0.482 e. The second-order valence-electron chi connectivity index (χ2n) is 10.7. The number of carbonyl (C=O) groups is 1. The van der Waals surface area contributed by atoms with Gasteiger partial charge in [-0.2, -0.15) is 5.10 Å². The van der Waals surface area contributed by atoms with E-state index in [1.54, 1.807) is 6.20 Å². The molecule has 4 aliphatic rings. The van der Waals surface area contributed by atoms with Crippen molar-refractivity contribution in [3.63, 3.8) is 0 Å². The van der Waals surface area contributed by atoms with Crippen molar-refractivity contribution in [2.45, 2.75) is 46.0 Å². The highest BCUT2D eigenvalue weighted by molar-refractivity contribution is 5.81. The maximum atomic E-state index is 11.9. The number of fused-ring (bicyclic) bond motifs is 4. The lowest BCUT2D eigenvalue weighted by molar-refractivity contribution is -0.125. The average molecular weight is 506 g/mol. The molecule has 192 valence electrons. The van der Waals surface area contributed by atoms with E-state index < -0.39 is 0 Å². The highest BCUT2D eigenvalue weighted by atomic mass is 16.5. The monoisotopic (exact) mass is 505 g/mol. The zero-order valence-electron chi connectivity index (χ0n) is 21.8. The van der Waals surface area contributed by atoms with Crippen LogP contribution in [0.2, 0.25) is 0 Å². The van der Waals surface area contributed by atoms with Crippen LogP contribution >= 0.6 is 0 Å². The van der Waals surface area contributed by atoms with Crippen LogP contribution < -0.4 is 21.3 Å². The molecule has 1 atom stereocenters. The number of hydrogen-bond donors (Lipinski definition) is 2. The van der Waals surface area contributed by atoms with Gasteiger partial charge in [-0.25, -0.2) is 5.10 Å². The minimum absolute atomic E-state index is 0.0598. The summed E-state index contributed by atoms with van der Waals surface area (Å²) in [6.07, 6.45) is 13.6. The fraction of sp³-hybridized carbons (Fsp3) is 0.281. The maximum absolute atomic E-state index is 11.9. The lowest BCUT2D eigenvalue weighted by Gasteiger charge is -2.37. The number of rotatable bonds is 1. The molecule has 38 heavy (non-hydrogen) atoms. The second kappa shape index (κ2) is 9.60. The summed E-state index contributed by atoms with van der Waals surface area (Å²) in [5, 5.41) is 14.3. The van der Waals surface area contributed by atoms with E-state index in [1.165, 1.54) is 56.5 Å². The summed E-state index contributed by atoms with van der Waals surface area (Å²) in [5.74, 6) is 0.750. The summed E-state index contributed by atoms with van der Waals surface area (Å²) in [6.45, 7) is 4.23. The normalized spacial score (nSPS) is 20.9. The van der Waals surface area contributed by atoms with Crippen LogP contribution in [0.4, 0.5) is 0 Å². The molecule has 3 aliphatic carbocycles. The molecule has 0 saturated heterocycles. The van der Waals surface area contributed by atoms with Crippen molar-refractivity contribution in [1.82, 2.24) is 15.5 Å². The number of nitrogens with one attached hydrogen (secondary N) is 2. The summed E-state index contributed by atoms with van der Waals surface area (Å²) in [4.78, 5) is 22.3. The highest BCUT2D eigenvalue weighted by Crippen LogP contribution is 2.43. The van der Waals surface area contributed by atoms with Crippen LogP contribution in [0, 0.1) is 22.8 Å². The zero-order valence-corrected chi connectivity index (χ0v) is 21.8. The smallest absolute Gasteiger partial charge is 0.264 e. The Hall–Kier alpha value is -4.19. The van der Waals surface area contributed by atoms with Crippen LogP contribution in [-0.2, 0) is 22.4 Å². The Kier molecular flexibility index (Phi) is 6.10. The molecular formula is C32H31N3O3. The van der Waals surface area contributed by atoms with E-state index in [0.29, 0.717) is 0 Å². The third-order valence-electron chi connectivity index (χ3n) is 7.94. The molecular weight excluding hydrogens is 474 g/mol. The molecule has 0 spiro atoms. The molecule has 1 amide bonds. The van der Waals surface area contributed by atoms with Gasteiger partial charge in [-0.1, -0.05) is 55.5 Å². The number of benzene rings is 2. The lowest BCUT2D eigenvalue weighted by Crippen LogP contribution is -2.38. The molecule has 2 N–H and O–H groups in total. The largest absolute Gasteiger partial charge is 0.482 e. The van der Waals surface area contributed by atoms with Crippen molar-refractivity contribution >= 4 is 17.6 Å². The van der Waals surface area contributed by atoms with Crippen molar-refractivity contribution in [2.75, 3.05) is 6.61 Å². The van der Waals surface area contributed by atoms with Crippen LogP contribution in [0.15, 0.2) is 77.1 Å². The van der Waals surface area contributed by atoms with E-state index >= 15 is 0 Å². The number of hydrogen-bond acceptors (Lipinski definition) is 4. The third-order valence-corrected chi connectivity index (χ3v) is 7.94. The fourth-order valence-electron chi connectivity index (χ4n) is 6.09. The van der Waals surface area contributed by atoms with Crippen molar-refractivity contribution in [3.8, 4) is 0 Å². The van der Waals surface area contributed by atoms with Gasteiger partial charge in [0.1, 0.15) is 5.76 Å². The molecule has 6 nitrogen and oxygen atoms in total. The fourth-order valence-corrected chi connectivity index (χ4v) is 6.09. The second-order valence-corrected chi connectivity index (χ2v) is 10.7. The van der Waals surface area contributed by atoms with E-state index in [0.717, 1.165) is 36.3 Å². The minimum atomic E-state index is -0.165. The van der Waals surface area contributed by atoms with Crippen molar-refractivity contribution in [2.24, 2.45) is 5.41 Å². The molecule has 1 aromatic heterocycles. The van der Waals surface area contributed by atoms with Crippen LogP contribution in [0.1, 0.15) is 42.9 Å². The Morgan fingerprint density at radius 2 is 1.87 bits per heavy atom. The third kappa shape index (κ3) is 4.40. The van der Waals surface area contributed by atoms with Gasteiger partial charge < -0.3 is 10.1 Å². The molecule has 6 heteroatoms. The molecule has 2 heterocycles. The Bertz CT molecular complexity index is 1800. The Labute approximate surface area is 220 Å². The molecule has 0 fully saturated rings. The first-order valence-corrected chi connectivity index (χ1v) is 13.2. The number of ether oxygens (including phenoxy) is 1. The van der Waals surface area contributed by atoms with Crippen LogP contribution in [0.5, 0.6) is 0 Å². The van der Waals surface area contributed by atoms with Crippen molar-refractivity contribution < 1.29 is 9.53 Å². The van der Waals surface area contributed by atoms with E-state index in [4.69, 9.17) is 4.74 Å². The van der Waals surface area contributed by atoms with E-state index in [2.05, 4.69) is 77.1 Å². The maximum Gasteiger partial charge on any atom is 0.264 e. The van der Waals surface area contributed by atoms with Crippen molar-refractivity contribution in [1.29, 1.82) is 0 Å². The van der Waals surface area contributed by atoms with Gasteiger partial charge in [-0.15, -0.1) is 0 Å². The van der Waals surface area contributed by atoms with Crippen LogP contribution in [0.3, 0.4) is 0 Å². The average Bonchev–Trinajstić information content (AvgIpc) is 2.92. The molecule has 7 rings (SSSR count). The summed E-state index contributed by atoms with van der Waals surface area (Å²) >= 11 is 0. The molecule has 0 bridgehead atoms. The number of amides is 1. The zero-order chi connectivity index (χ0) is 26.3. The van der Waals surface area contributed by atoms with E-state index in [9.17, 15) is 9.59 Å². The Morgan fingerprint density at radius 1 is 1.03 bits per heavy atom. The lowest BCUT2D eigenvalue weighted by atomic mass is 9.70. The van der Waals surface area contributed by atoms with Crippen molar-refractivity contribution in [3.05, 3.63) is 120 Å². The molecule has 0 radical (unpaired) electrons. The van der Waals surface area contributed by atoms with Gasteiger partial charge >= 0.3 is 0 Å². The van der Waals surface area contributed by atoms with Gasteiger partial charge in [0.25, 0.3) is 11.5 Å². The first-order valence-electron chi connectivity index (χ1n) is 13.2. The number of aromatic amines is 1. The van der Waals surface area contributed by atoms with E-state index in [1.807, 2.05) is 6.92 Å². The number of allylic oxidation sites excluding steroid dienone is 3. The quantitative estimate of drug-likeness (QED) is 0.532. The number of aromatic nitrogens is 2. The molecule has 1 aliphatic heterocycles. The SMILES string of the molecule is CC1(C2=c3ccccc3=c3ccc4c(c3C2)CCCC=4)C=CC2=C(C1)NC(=O)CO2.Cc1cn[nH]c(=O)c1. The van der Waals surface area contributed by atoms with Gasteiger partial charge in [0.05, 0.1) is 11.9 Å².